The smallest absolute Gasteiger partial charge is 0.255 e. The van der Waals surface area contributed by atoms with Crippen molar-refractivity contribution in [1.29, 1.82) is 0 Å². The highest BCUT2D eigenvalue weighted by atomic mass is 32.1. The molecule has 2 aromatic carbocycles. The van der Waals surface area contributed by atoms with Crippen LogP contribution in [0.25, 0.3) is 16.3 Å². The molecule has 136 valence electrons. The summed E-state index contributed by atoms with van der Waals surface area (Å²) in [4.78, 5) is 13.7. The van der Waals surface area contributed by atoms with Crippen molar-refractivity contribution in [1.82, 2.24) is 15.1 Å². The SMILES string of the molecule is O=C(NCC#Cc1ccccc1)c1cn(-c2ccccc2)nc1-c1cccs1. The first-order valence-electron chi connectivity index (χ1n) is 8.82. The lowest BCUT2D eigenvalue weighted by atomic mass is 10.2. The maximum Gasteiger partial charge on any atom is 0.255 e. The first-order chi connectivity index (χ1) is 13.8. The Balaban J connectivity index is 1.56. The highest BCUT2D eigenvalue weighted by Gasteiger charge is 2.18. The molecule has 0 saturated carbocycles. The second-order valence-electron chi connectivity index (χ2n) is 6.00. The van der Waals surface area contributed by atoms with E-state index in [2.05, 4.69) is 22.3 Å². The summed E-state index contributed by atoms with van der Waals surface area (Å²) in [5.41, 5.74) is 3.04. The van der Waals surface area contributed by atoms with Gasteiger partial charge in [0.25, 0.3) is 5.91 Å². The molecule has 28 heavy (non-hydrogen) atoms. The zero-order valence-electron chi connectivity index (χ0n) is 15.0. The Bertz CT molecular complexity index is 1120. The van der Waals surface area contributed by atoms with Crippen molar-refractivity contribution in [2.24, 2.45) is 0 Å². The van der Waals surface area contributed by atoms with Crippen molar-refractivity contribution < 1.29 is 4.79 Å². The molecule has 5 heteroatoms. The number of hydrogen-bond acceptors (Lipinski definition) is 3. The Labute approximate surface area is 167 Å². The Morgan fingerprint density at radius 2 is 1.75 bits per heavy atom. The third-order valence-electron chi connectivity index (χ3n) is 4.08. The fourth-order valence-corrected chi connectivity index (χ4v) is 3.46. The van der Waals surface area contributed by atoms with Gasteiger partial charge in [0.15, 0.2) is 0 Å². The van der Waals surface area contributed by atoms with Crippen LogP contribution in [0.1, 0.15) is 15.9 Å². The van der Waals surface area contributed by atoms with E-state index in [0.29, 0.717) is 11.3 Å². The summed E-state index contributed by atoms with van der Waals surface area (Å²) < 4.78 is 1.74. The molecule has 0 saturated heterocycles. The fourth-order valence-electron chi connectivity index (χ4n) is 2.74. The summed E-state index contributed by atoms with van der Waals surface area (Å²) in [5, 5.41) is 9.50. The zero-order valence-corrected chi connectivity index (χ0v) is 15.8. The van der Waals surface area contributed by atoms with Crippen molar-refractivity contribution in [2.45, 2.75) is 0 Å². The largest absolute Gasteiger partial charge is 0.341 e. The van der Waals surface area contributed by atoms with E-state index < -0.39 is 0 Å². The summed E-state index contributed by atoms with van der Waals surface area (Å²) >= 11 is 1.56. The van der Waals surface area contributed by atoms with Crippen LogP contribution in [-0.2, 0) is 0 Å². The molecule has 2 heterocycles. The Morgan fingerprint density at radius 1 is 1.00 bits per heavy atom. The van der Waals surface area contributed by atoms with Gasteiger partial charge in [-0.2, -0.15) is 5.10 Å². The predicted molar refractivity (Wildman–Crippen MR) is 113 cm³/mol. The standard InChI is InChI=1S/C23H17N3OS/c27-23(24-15-7-11-18-9-3-1-4-10-18)20-17-26(19-12-5-2-6-13-19)25-22(20)21-14-8-16-28-21/h1-6,8-10,12-14,16-17H,15H2,(H,24,27). The minimum Gasteiger partial charge on any atom is -0.341 e. The number of benzene rings is 2. The van der Waals surface area contributed by atoms with Gasteiger partial charge in [0.1, 0.15) is 5.69 Å². The number of carbonyl (C=O) groups excluding carboxylic acids is 1. The molecule has 0 aliphatic rings. The normalized spacial score (nSPS) is 10.1. The van der Waals surface area contributed by atoms with Crippen molar-refractivity contribution in [2.75, 3.05) is 6.54 Å². The molecule has 0 bridgehead atoms. The maximum absolute atomic E-state index is 12.8. The van der Waals surface area contributed by atoms with Crippen LogP contribution in [-0.4, -0.2) is 22.2 Å². The lowest BCUT2D eigenvalue weighted by molar-refractivity contribution is 0.0959. The van der Waals surface area contributed by atoms with Crippen LogP contribution in [0.4, 0.5) is 0 Å². The lowest BCUT2D eigenvalue weighted by Crippen LogP contribution is -2.23. The first kappa shape index (κ1) is 17.8. The van der Waals surface area contributed by atoms with Gasteiger partial charge in [0.2, 0.25) is 0 Å². The summed E-state index contributed by atoms with van der Waals surface area (Å²) in [6, 6.07) is 23.4. The molecule has 1 N–H and O–H groups in total. The van der Waals surface area contributed by atoms with Crippen LogP contribution >= 0.6 is 11.3 Å². The van der Waals surface area contributed by atoms with E-state index >= 15 is 0 Å². The number of nitrogens with zero attached hydrogens (tertiary/aromatic N) is 2. The minimum atomic E-state index is -0.187. The van der Waals surface area contributed by atoms with Crippen LogP contribution in [0.3, 0.4) is 0 Å². The number of para-hydroxylation sites is 1. The van der Waals surface area contributed by atoms with Crippen LogP contribution in [0.15, 0.2) is 84.4 Å². The average Bonchev–Trinajstić information content (AvgIpc) is 3.42. The number of rotatable bonds is 4. The summed E-state index contributed by atoms with van der Waals surface area (Å²) in [6.07, 6.45) is 1.77. The Kier molecular flexibility index (Phi) is 5.32. The quantitative estimate of drug-likeness (QED) is 0.532. The Morgan fingerprint density at radius 3 is 2.46 bits per heavy atom. The van der Waals surface area contributed by atoms with Gasteiger partial charge in [0, 0.05) is 11.8 Å². The van der Waals surface area contributed by atoms with Crippen molar-refractivity contribution >= 4 is 17.2 Å². The minimum absolute atomic E-state index is 0.187. The summed E-state index contributed by atoms with van der Waals surface area (Å²) in [6.45, 7) is 0.272. The van der Waals surface area contributed by atoms with Gasteiger partial charge < -0.3 is 5.32 Å². The molecule has 0 aliphatic heterocycles. The van der Waals surface area contributed by atoms with Crippen LogP contribution in [0.2, 0.25) is 0 Å². The predicted octanol–water partition coefficient (Wildman–Crippen LogP) is 4.38. The molecular weight excluding hydrogens is 366 g/mol. The molecule has 0 atom stereocenters. The molecule has 4 nitrogen and oxygen atoms in total. The molecule has 0 unspecified atom stereocenters. The van der Waals surface area contributed by atoms with Gasteiger partial charge in [-0.1, -0.05) is 54.3 Å². The first-order valence-corrected chi connectivity index (χ1v) is 9.70. The fraction of sp³-hybridized carbons (Fsp3) is 0.0435. The number of amides is 1. The van der Waals surface area contributed by atoms with Crippen molar-refractivity contribution in [3.05, 3.63) is 95.5 Å². The van der Waals surface area contributed by atoms with E-state index in [1.54, 1.807) is 22.2 Å². The highest BCUT2D eigenvalue weighted by Crippen LogP contribution is 2.27. The average molecular weight is 383 g/mol. The van der Waals surface area contributed by atoms with Gasteiger partial charge in [0.05, 0.1) is 22.7 Å². The molecule has 1 amide bonds. The van der Waals surface area contributed by atoms with Gasteiger partial charge in [-0.25, -0.2) is 4.68 Å². The summed E-state index contributed by atoms with van der Waals surface area (Å²) in [5.74, 6) is 5.84. The molecule has 0 fully saturated rings. The van der Waals surface area contributed by atoms with Gasteiger partial charge in [-0.15, -0.1) is 11.3 Å². The van der Waals surface area contributed by atoms with E-state index in [1.807, 2.05) is 78.2 Å². The van der Waals surface area contributed by atoms with Crippen LogP contribution in [0.5, 0.6) is 0 Å². The van der Waals surface area contributed by atoms with E-state index in [9.17, 15) is 4.79 Å². The zero-order chi connectivity index (χ0) is 19.2. The van der Waals surface area contributed by atoms with Gasteiger partial charge >= 0.3 is 0 Å². The lowest BCUT2D eigenvalue weighted by Gasteiger charge is -2.00. The van der Waals surface area contributed by atoms with E-state index in [0.717, 1.165) is 16.1 Å². The molecule has 0 radical (unpaired) electrons. The number of nitrogens with one attached hydrogen (secondary N) is 1. The number of thiophene rings is 1. The van der Waals surface area contributed by atoms with E-state index in [1.165, 1.54) is 0 Å². The second kappa shape index (κ2) is 8.38. The van der Waals surface area contributed by atoms with Crippen molar-refractivity contribution in [3.8, 4) is 28.1 Å². The monoisotopic (exact) mass is 383 g/mol. The third kappa shape index (κ3) is 4.03. The number of hydrogen-bond donors (Lipinski definition) is 1. The van der Waals surface area contributed by atoms with E-state index in [-0.39, 0.29) is 12.5 Å². The van der Waals surface area contributed by atoms with Crippen LogP contribution in [0, 0.1) is 11.8 Å². The molecule has 4 rings (SSSR count). The van der Waals surface area contributed by atoms with Crippen LogP contribution < -0.4 is 5.32 Å². The summed E-state index contributed by atoms with van der Waals surface area (Å²) in [7, 11) is 0. The second-order valence-corrected chi connectivity index (χ2v) is 6.95. The van der Waals surface area contributed by atoms with Gasteiger partial charge in [-0.3, -0.25) is 4.79 Å². The molecule has 4 aromatic rings. The topological polar surface area (TPSA) is 46.9 Å². The molecule has 2 aromatic heterocycles. The Hall–Kier alpha value is -3.62. The maximum atomic E-state index is 12.8. The van der Waals surface area contributed by atoms with Gasteiger partial charge in [-0.05, 0) is 35.7 Å². The number of aromatic nitrogens is 2. The highest BCUT2D eigenvalue weighted by molar-refractivity contribution is 7.13. The molecular formula is C23H17N3OS. The molecule has 0 spiro atoms. The number of carbonyl (C=O) groups is 1. The van der Waals surface area contributed by atoms with Crippen molar-refractivity contribution in [3.63, 3.8) is 0 Å². The molecule has 0 aliphatic carbocycles. The third-order valence-corrected chi connectivity index (χ3v) is 4.95. The van der Waals surface area contributed by atoms with E-state index in [4.69, 9.17) is 0 Å².